The van der Waals surface area contributed by atoms with Gasteiger partial charge < -0.3 is 0 Å². The Morgan fingerprint density at radius 1 is 0.462 bits per heavy atom. The minimum Gasteiger partial charge on any atom is -0.0885 e. The molecule has 0 nitrogen and oxygen atoms in total. The quantitative estimate of drug-likeness (QED) is 0.458. The molecule has 0 aromatic rings. The Morgan fingerprint density at radius 3 is 0.846 bits per heavy atom. The zero-order chi connectivity index (χ0) is 8.49. The van der Waals surface area contributed by atoms with E-state index in [2.05, 4.69) is 12.2 Å². The monoisotopic (exact) mass is 182 g/mol. The van der Waals surface area contributed by atoms with Crippen molar-refractivity contribution in [1.82, 2.24) is 0 Å². The van der Waals surface area contributed by atoms with Crippen molar-refractivity contribution in [2.75, 3.05) is 0 Å². The zero-order valence-corrected chi connectivity index (χ0v) is 8.23. The Labute approximate surface area is 84.4 Å². The van der Waals surface area contributed by atoms with Gasteiger partial charge in [-0.15, -0.1) is 0 Å². The van der Waals surface area contributed by atoms with Crippen molar-refractivity contribution in [3.63, 3.8) is 0 Å². The van der Waals surface area contributed by atoms with Crippen LogP contribution in [0.4, 0.5) is 0 Å². The molecule has 0 bridgehead atoms. The summed E-state index contributed by atoms with van der Waals surface area (Å²) in [6.07, 6.45) is 19.0. The number of hydrogen-bond acceptors (Lipinski definition) is 0. The Morgan fingerprint density at radius 2 is 0.769 bits per heavy atom. The van der Waals surface area contributed by atoms with E-state index in [4.69, 9.17) is 0 Å². The van der Waals surface area contributed by atoms with Crippen molar-refractivity contribution < 1.29 is 0 Å². The van der Waals surface area contributed by atoms with Crippen molar-refractivity contribution in [2.24, 2.45) is 0 Å². The van der Waals surface area contributed by atoms with Crippen molar-refractivity contribution in [3.8, 4) is 0 Å². The predicted octanol–water partition coefficient (Wildman–Crippen LogP) is 5.09. The molecule has 0 heteroatoms. The Hall–Kier alpha value is -0.260. The first kappa shape index (κ1) is 12.7. The van der Waals surface area contributed by atoms with Crippen molar-refractivity contribution in [3.05, 3.63) is 12.2 Å². The van der Waals surface area contributed by atoms with Gasteiger partial charge in [0.1, 0.15) is 0 Å². The first-order valence-electron chi connectivity index (χ1n) is 5.65. The van der Waals surface area contributed by atoms with E-state index in [1.165, 1.54) is 64.2 Å². The summed E-state index contributed by atoms with van der Waals surface area (Å²) in [6.45, 7) is 0. The Balaban J connectivity index is 0.000000164. The third-order valence-corrected chi connectivity index (χ3v) is 2.26. The Kier molecular flexibility index (Phi) is 9.63. The summed E-state index contributed by atoms with van der Waals surface area (Å²) in [5.74, 6) is 0. The average molecular weight is 182 g/mol. The maximum atomic E-state index is 2.24. The lowest BCUT2D eigenvalue weighted by atomic mass is 10.0. The van der Waals surface area contributed by atoms with Crippen LogP contribution in [0.2, 0.25) is 0 Å². The lowest BCUT2D eigenvalue weighted by Crippen LogP contribution is -1.85. The maximum absolute atomic E-state index is 2.24. The summed E-state index contributed by atoms with van der Waals surface area (Å²) in [5.41, 5.74) is 0. The first-order chi connectivity index (χ1) is 6.00. The molecule has 0 radical (unpaired) electrons. The third kappa shape index (κ3) is 11.7. The molecule has 0 saturated heterocycles. The summed E-state index contributed by atoms with van der Waals surface area (Å²) >= 11 is 0. The van der Waals surface area contributed by atoms with E-state index in [9.17, 15) is 0 Å². The van der Waals surface area contributed by atoms with Gasteiger partial charge in [0.2, 0.25) is 0 Å². The molecular formula is C13H26. The normalized spacial score (nSPS) is 20.9. The molecule has 0 N–H and O–H groups in total. The molecule has 0 spiro atoms. The van der Waals surface area contributed by atoms with Crippen molar-refractivity contribution in [2.45, 2.75) is 71.6 Å². The molecule has 0 aliphatic heterocycles. The van der Waals surface area contributed by atoms with Gasteiger partial charge in [-0.05, 0) is 19.3 Å². The van der Waals surface area contributed by atoms with Gasteiger partial charge in [0.25, 0.3) is 0 Å². The fourth-order valence-electron chi connectivity index (χ4n) is 0.839. The molecule has 0 aromatic carbocycles. The lowest BCUT2D eigenvalue weighted by Gasteiger charge is -2.05. The molecule has 0 unspecified atom stereocenters. The molecule has 0 heterocycles. The minimum absolute atomic E-state index is 0. The highest BCUT2D eigenvalue weighted by Gasteiger charge is 1.95. The lowest BCUT2D eigenvalue weighted by molar-refractivity contribution is 0.504. The van der Waals surface area contributed by atoms with E-state index in [1.54, 1.807) is 0 Å². The van der Waals surface area contributed by atoms with Gasteiger partial charge in [0, 0.05) is 0 Å². The molecule has 2 fully saturated rings. The second-order valence-electron chi connectivity index (χ2n) is 3.88. The molecule has 13 heavy (non-hydrogen) atoms. The molecule has 0 amide bonds. The van der Waals surface area contributed by atoms with Crippen LogP contribution < -0.4 is 0 Å². The zero-order valence-electron chi connectivity index (χ0n) is 8.23. The highest BCUT2D eigenvalue weighted by molar-refractivity contribution is 4.88. The molecule has 78 valence electrons. The van der Waals surface area contributed by atoms with Crippen LogP contribution in [0, 0.1) is 0 Å². The molecule has 0 atom stereocenters. The predicted molar refractivity (Wildman–Crippen MR) is 62.0 cm³/mol. The van der Waals surface area contributed by atoms with Gasteiger partial charge in [-0.1, -0.05) is 64.5 Å². The molecule has 3 rings (SSSR count). The van der Waals surface area contributed by atoms with E-state index < -0.39 is 0 Å². The topological polar surface area (TPSA) is 0 Å². The Bertz CT molecular complexity index is 94.5. The van der Waals surface area contributed by atoms with Gasteiger partial charge >= 0.3 is 0 Å². The van der Waals surface area contributed by atoms with Gasteiger partial charge in [-0.3, -0.25) is 0 Å². The van der Waals surface area contributed by atoms with Crippen LogP contribution >= 0.6 is 0 Å². The smallest absolute Gasteiger partial charge is 0.0348 e. The van der Waals surface area contributed by atoms with Crippen LogP contribution in [0.25, 0.3) is 0 Å². The summed E-state index contributed by atoms with van der Waals surface area (Å²) in [4.78, 5) is 0. The largest absolute Gasteiger partial charge is 0.0885 e. The standard InChI is InChI=1S/C5H8.C4H8.C3H6.CH4/c1-2-4-5-3-1;1-2-4-3-1;1-2-3-1;/h1-2H,3-5H2;1-4H2;1-3H2;1H4. The maximum Gasteiger partial charge on any atom is -0.0348 e. The van der Waals surface area contributed by atoms with Crippen LogP contribution in [0.1, 0.15) is 71.6 Å². The van der Waals surface area contributed by atoms with Crippen molar-refractivity contribution >= 4 is 0 Å². The first-order valence-corrected chi connectivity index (χ1v) is 5.65. The van der Waals surface area contributed by atoms with Crippen molar-refractivity contribution in [1.29, 1.82) is 0 Å². The number of hydrogen-bond donors (Lipinski definition) is 0. The van der Waals surface area contributed by atoms with Crippen LogP contribution in [0.3, 0.4) is 0 Å². The molecular weight excluding hydrogens is 156 g/mol. The summed E-state index contributed by atoms with van der Waals surface area (Å²) < 4.78 is 0. The van der Waals surface area contributed by atoms with Gasteiger partial charge in [-0.2, -0.15) is 0 Å². The average Bonchev–Trinajstić information content (AvgIpc) is 2.70. The third-order valence-electron chi connectivity index (χ3n) is 2.26. The van der Waals surface area contributed by atoms with Crippen LogP contribution in [-0.4, -0.2) is 0 Å². The second kappa shape index (κ2) is 9.83. The van der Waals surface area contributed by atoms with Crippen LogP contribution in [0.15, 0.2) is 12.2 Å². The number of allylic oxidation sites excluding steroid dienone is 2. The van der Waals surface area contributed by atoms with Gasteiger partial charge in [0.05, 0.1) is 0 Å². The van der Waals surface area contributed by atoms with Gasteiger partial charge in [0.15, 0.2) is 0 Å². The van der Waals surface area contributed by atoms with Crippen LogP contribution in [-0.2, 0) is 0 Å². The van der Waals surface area contributed by atoms with E-state index in [1.807, 2.05) is 0 Å². The summed E-state index contributed by atoms with van der Waals surface area (Å²) in [7, 11) is 0. The SMILES string of the molecule is C.C1=CCCC1.C1CC1.C1CCC1. The number of rotatable bonds is 0. The van der Waals surface area contributed by atoms with Crippen LogP contribution in [0.5, 0.6) is 0 Å². The molecule has 3 aliphatic rings. The van der Waals surface area contributed by atoms with E-state index in [0.717, 1.165) is 0 Å². The van der Waals surface area contributed by atoms with E-state index >= 15 is 0 Å². The fraction of sp³-hybridized carbons (Fsp3) is 0.846. The molecule has 3 aliphatic carbocycles. The van der Waals surface area contributed by atoms with E-state index in [-0.39, 0.29) is 7.43 Å². The van der Waals surface area contributed by atoms with E-state index in [0.29, 0.717) is 0 Å². The molecule has 2 saturated carbocycles. The highest BCUT2D eigenvalue weighted by Crippen LogP contribution is 2.15. The van der Waals surface area contributed by atoms with Gasteiger partial charge in [-0.25, -0.2) is 0 Å². The highest BCUT2D eigenvalue weighted by atomic mass is 14.0. The minimum atomic E-state index is 0. The second-order valence-corrected chi connectivity index (χ2v) is 3.88. The fourth-order valence-corrected chi connectivity index (χ4v) is 0.839. The molecule has 0 aromatic heterocycles. The summed E-state index contributed by atoms with van der Waals surface area (Å²) in [5, 5.41) is 0. The summed E-state index contributed by atoms with van der Waals surface area (Å²) in [6, 6.07) is 0.